The number of carboxylic acids is 1. The molecule has 7 nitrogen and oxygen atoms in total. The van der Waals surface area contributed by atoms with Crippen molar-refractivity contribution in [3.05, 3.63) is 83.3 Å². The highest BCUT2D eigenvalue weighted by molar-refractivity contribution is 6.02. The molecule has 0 spiro atoms. The Bertz CT molecular complexity index is 1410. The Morgan fingerprint density at radius 3 is 2.48 bits per heavy atom. The number of nitrogens with one attached hydrogen (secondary N) is 1. The number of amides is 1. The molecule has 4 rings (SSSR count). The first-order chi connectivity index (χ1) is 15.6. The van der Waals surface area contributed by atoms with Gasteiger partial charge >= 0.3 is 5.97 Å². The van der Waals surface area contributed by atoms with Gasteiger partial charge in [-0.25, -0.2) is 18.7 Å². The standard InChI is InChI=1S/C24H20F2N4O3/c1-13-18(11-27-21(28-13)14-5-4-6-15(25)9-14)22(31)29-30-12-19(24(2,3)23(32)33)17-10-16(26)7-8-20(17)30/h4-12H,1-3H3,(H,29,31)(H,32,33). The summed E-state index contributed by atoms with van der Waals surface area (Å²) in [6.07, 6.45) is 2.80. The van der Waals surface area contributed by atoms with Gasteiger partial charge in [0.15, 0.2) is 5.82 Å². The van der Waals surface area contributed by atoms with Crippen molar-refractivity contribution in [2.75, 3.05) is 5.43 Å². The van der Waals surface area contributed by atoms with Crippen LogP contribution in [-0.4, -0.2) is 31.6 Å². The minimum Gasteiger partial charge on any atom is -0.481 e. The highest BCUT2D eigenvalue weighted by Gasteiger charge is 2.33. The van der Waals surface area contributed by atoms with Crippen LogP contribution in [0.5, 0.6) is 0 Å². The molecule has 0 unspecified atom stereocenters. The molecule has 2 aromatic heterocycles. The van der Waals surface area contributed by atoms with Crippen LogP contribution >= 0.6 is 0 Å². The molecule has 0 aliphatic heterocycles. The molecule has 0 bridgehead atoms. The number of carboxylic acid groups (broad SMARTS) is 1. The van der Waals surface area contributed by atoms with Crippen molar-refractivity contribution in [2.45, 2.75) is 26.2 Å². The Morgan fingerprint density at radius 2 is 1.82 bits per heavy atom. The second kappa shape index (κ2) is 8.09. The van der Waals surface area contributed by atoms with Gasteiger partial charge in [0.2, 0.25) is 0 Å². The number of aliphatic carboxylic acids is 1. The lowest BCUT2D eigenvalue weighted by Crippen LogP contribution is -2.28. The third kappa shape index (κ3) is 4.05. The zero-order valence-corrected chi connectivity index (χ0v) is 18.1. The predicted molar refractivity (Wildman–Crippen MR) is 118 cm³/mol. The summed E-state index contributed by atoms with van der Waals surface area (Å²) in [7, 11) is 0. The summed E-state index contributed by atoms with van der Waals surface area (Å²) < 4.78 is 28.8. The van der Waals surface area contributed by atoms with Crippen LogP contribution in [0.2, 0.25) is 0 Å². The molecule has 2 N–H and O–H groups in total. The second-order valence-corrected chi connectivity index (χ2v) is 8.15. The fraction of sp³-hybridized carbons (Fsp3) is 0.167. The Balaban J connectivity index is 1.70. The van der Waals surface area contributed by atoms with Crippen LogP contribution in [0.4, 0.5) is 8.78 Å². The van der Waals surface area contributed by atoms with Gasteiger partial charge in [-0.15, -0.1) is 0 Å². The molecular weight excluding hydrogens is 430 g/mol. The lowest BCUT2D eigenvalue weighted by Gasteiger charge is -2.18. The van der Waals surface area contributed by atoms with Crippen molar-refractivity contribution in [2.24, 2.45) is 0 Å². The Hall–Kier alpha value is -4.14. The summed E-state index contributed by atoms with van der Waals surface area (Å²) in [6, 6.07) is 9.74. The van der Waals surface area contributed by atoms with Gasteiger partial charge in [0.25, 0.3) is 5.91 Å². The summed E-state index contributed by atoms with van der Waals surface area (Å²) >= 11 is 0. The Labute approximate surface area is 187 Å². The van der Waals surface area contributed by atoms with E-state index in [4.69, 9.17) is 0 Å². The Morgan fingerprint density at radius 1 is 1.09 bits per heavy atom. The first-order valence-corrected chi connectivity index (χ1v) is 10.0. The summed E-state index contributed by atoms with van der Waals surface area (Å²) in [5.41, 5.74) is 3.16. The van der Waals surface area contributed by atoms with Crippen molar-refractivity contribution in [1.82, 2.24) is 14.6 Å². The zero-order chi connectivity index (χ0) is 23.9. The fourth-order valence-electron chi connectivity index (χ4n) is 3.53. The van der Waals surface area contributed by atoms with Gasteiger partial charge in [-0.05, 0) is 56.7 Å². The highest BCUT2D eigenvalue weighted by atomic mass is 19.1. The summed E-state index contributed by atoms with van der Waals surface area (Å²) in [5, 5.41) is 10.0. The van der Waals surface area contributed by atoms with Crippen LogP contribution < -0.4 is 5.43 Å². The van der Waals surface area contributed by atoms with Gasteiger partial charge in [-0.2, -0.15) is 0 Å². The molecule has 168 valence electrons. The van der Waals surface area contributed by atoms with E-state index in [1.54, 1.807) is 19.1 Å². The number of carbonyl (C=O) groups excluding carboxylic acids is 1. The smallest absolute Gasteiger partial charge is 0.313 e. The molecule has 0 aliphatic carbocycles. The van der Waals surface area contributed by atoms with Crippen LogP contribution in [0, 0.1) is 18.6 Å². The van der Waals surface area contributed by atoms with Gasteiger partial charge in [0.1, 0.15) is 11.6 Å². The number of nitrogens with zero attached hydrogens (tertiary/aromatic N) is 3. The van der Waals surface area contributed by atoms with Gasteiger partial charge in [0, 0.05) is 23.3 Å². The van der Waals surface area contributed by atoms with Crippen LogP contribution in [0.1, 0.15) is 35.5 Å². The normalized spacial score (nSPS) is 11.5. The van der Waals surface area contributed by atoms with E-state index >= 15 is 0 Å². The van der Waals surface area contributed by atoms with E-state index in [1.807, 2.05) is 0 Å². The topological polar surface area (TPSA) is 97.1 Å². The molecule has 0 fully saturated rings. The number of aryl methyl sites for hydroxylation is 1. The van der Waals surface area contributed by atoms with Crippen LogP contribution in [0.15, 0.2) is 54.9 Å². The van der Waals surface area contributed by atoms with Crippen molar-refractivity contribution in [3.8, 4) is 11.4 Å². The summed E-state index contributed by atoms with van der Waals surface area (Å²) in [5.74, 6) is -2.30. The number of halogens is 2. The minimum atomic E-state index is -1.33. The monoisotopic (exact) mass is 450 g/mol. The van der Waals surface area contributed by atoms with Gasteiger partial charge in [-0.3, -0.25) is 19.7 Å². The number of fused-ring (bicyclic) bond motifs is 1. The van der Waals surface area contributed by atoms with E-state index < -0.39 is 28.9 Å². The maximum atomic E-state index is 13.9. The molecule has 33 heavy (non-hydrogen) atoms. The Kier molecular flexibility index (Phi) is 5.41. The van der Waals surface area contributed by atoms with E-state index in [0.717, 1.165) is 0 Å². The number of hydrogen-bond acceptors (Lipinski definition) is 4. The molecule has 1 amide bonds. The molecule has 2 aromatic carbocycles. The van der Waals surface area contributed by atoms with Crippen LogP contribution in [-0.2, 0) is 10.2 Å². The predicted octanol–water partition coefficient (Wildman–Crippen LogP) is 4.43. The van der Waals surface area contributed by atoms with Crippen molar-refractivity contribution >= 4 is 22.8 Å². The quantitative estimate of drug-likeness (QED) is 0.469. The van der Waals surface area contributed by atoms with E-state index in [0.29, 0.717) is 27.7 Å². The molecule has 2 heterocycles. The third-order valence-corrected chi connectivity index (χ3v) is 5.50. The molecule has 0 atom stereocenters. The average Bonchev–Trinajstić information content (AvgIpc) is 3.11. The molecule has 9 heteroatoms. The van der Waals surface area contributed by atoms with Gasteiger partial charge in [0.05, 0.1) is 22.2 Å². The largest absolute Gasteiger partial charge is 0.481 e. The van der Waals surface area contributed by atoms with Crippen LogP contribution in [0.3, 0.4) is 0 Å². The maximum absolute atomic E-state index is 13.9. The van der Waals surface area contributed by atoms with E-state index in [-0.39, 0.29) is 11.4 Å². The van der Waals surface area contributed by atoms with E-state index in [1.165, 1.54) is 61.2 Å². The van der Waals surface area contributed by atoms with Gasteiger partial charge in [-0.1, -0.05) is 12.1 Å². The number of carbonyl (C=O) groups is 2. The second-order valence-electron chi connectivity index (χ2n) is 8.15. The molecule has 0 saturated heterocycles. The lowest BCUT2D eigenvalue weighted by atomic mass is 9.84. The molecular formula is C24H20F2N4O3. The summed E-state index contributed by atoms with van der Waals surface area (Å²) in [4.78, 5) is 33.3. The van der Waals surface area contributed by atoms with E-state index in [9.17, 15) is 23.5 Å². The maximum Gasteiger partial charge on any atom is 0.313 e. The molecule has 0 radical (unpaired) electrons. The summed E-state index contributed by atoms with van der Waals surface area (Å²) in [6.45, 7) is 4.64. The number of hydrogen-bond donors (Lipinski definition) is 2. The number of benzene rings is 2. The highest BCUT2D eigenvalue weighted by Crippen LogP contribution is 2.32. The molecule has 0 saturated carbocycles. The van der Waals surface area contributed by atoms with Crippen molar-refractivity contribution in [3.63, 3.8) is 0 Å². The van der Waals surface area contributed by atoms with E-state index in [2.05, 4.69) is 15.4 Å². The van der Waals surface area contributed by atoms with Gasteiger partial charge < -0.3 is 5.11 Å². The third-order valence-electron chi connectivity index (χ3n) is 5.50. The SMILES string of the molecule is Cc1nc(-c2cccc(F)c2)ncc1C(=O)Nn1cc(C(C)(C)C(=O)O)c2cc(F)ccc21. The van der Waals surface area contributed by atoms with Crippen LogP contribution in [0.25, 0.3) is 22.3 Å². The first kappa shape index (κ1) is 22.1. The number of aromatic nitrogens is 3. The zero-order valence-electron chi connectivity index (χ0n) is 18.1. The van der Waals surface area contributed by atoms with Crippen molar-refractivity contribution < 1.29 is 23.5 Å². The average molecular weight is 450 g/mol. The molecule has 0 aliphatic rings. The number of rotatable bonds is 5. The fourth-order valence-corrected chi connectivity index (χ4v) is 3.53. The molecule has 4 aromatic rings. The minimum absolute atomic E-state index is 0.179. The first-order valence-electron chi connectivity index (χ1n) is 10.0. The van der Waals surface area contributed by atoms with Crippen molar-refractivity contribution in [1.29, 1.82) is 0 Å². The lowest BCUT2D eigenvalue weighted by molar-refractivity contribution is -0.142.